The molecule has 0 aliphatic carbocycles. The lowest BCUT2D eigenvalue weighted by Crippen LogP contribution is -2.18. The van der Waals surface area contributed by atoms with Gasteiger partial charge in [-0.25, -0.2) is 4.98 Å². The third-order valence-corrected chi connectivity index (χ3v) is 2.98. The Morgan fingerprint density at radius 2 is 2.23 bits per heavy atom. The normalized spacial score (nSPS) is 11.7. The van der Waals surface area contributed by atoms with Gasteiger partial charge in [0.05, 0.1) is 7.11 Å². The number of nitrogens with two attached hydrogens (primary N) is 1. The molecule has 0 radical (unpaired) electrons. The lowest BCUT2D eigenvalue weighted by atomic mass is 10.1. The second-order valence-electron chi connectivity index (χ2n) is 4.53. The Balaban J connectivity index is 2.80. The van der Waals surface area contributed by atoms with E-state index in [2.05, 4.69) is 16.9 Å². The highest BCUT2D eigenvalue weighted by Crippen LogP contribution is 2.18. The van der Waals surface area contributed by atoms with E-state index in [1.54, 1.807) is 19.4 Å². The van der Waals surface area contributed by atoms with Crippen LogP contribution in [0.2, 0.25) is 0 Å². The van der Waals surface area contributed by atoms with Crippen LogP contribution in [0.15, 0.2) is 42.3 Å². The zero-order chi connectivity index (χ0) is 16.5. The predicted molar refractivity (Wildman–Crippen MR) is 90.5 cm³/mol. The predicted octanol–water partition coefficient (Wildman–Crippen LogP) is 2.03. The van der Waals surface area contributed by atoms with E-state index in [0.29, 0.717) is 29.4 Å². The van der Waals surface area contributed by atoms with Gasteiger partial charge in [-0.15, -0.1) is 0 Å². The third kappa shape index (κ3) is 4.59. The third-order valence-electron chi connectivity index (χ3n) is 2.98. The Morgan fingerprint density at radius 1 is 1.50 bits per heavy atom. The summed E-state index contributed by atoms with van der Waals surface area (Å²) in [6.07, 6.45) is 7.07. The number of nitrogens with zero attached hydrogens (tertiary/aromatic N) is 1. The van der Waals surface area contributed by atoms with E-state index in [1.165, 1.54) is 12.3 Å². The van der Waals surface area contributed by atoms with Gasteiger partial charge in [0.1, 0.15) is 0 Å². The van der Waals surface area contributed by atoms with Crippen LogP contribution in [-0.4, -0.2) is 31.1 Å². The van der Waals surface area contributed by atoms with E-state index in [9.17, 15) is 0 Å². The van der Waals surface area contributed by atoms with E-state index in [1.807, 2.05) is 13.0 Å². The highest BCUT2D eigenvalue weighted by Gasteiger charge is 2.05. The minimum atomic E-state index is 0.363. The van der Waals surface area contributed by atoms with Gasteiger partial charge in [-0.2, -0.15) is 0 Å². The Kier molecular flexibility index (Phi) is 6.56. The fourth-order valence-electron chi connectivity index (χ4n) is 1.74. The van der Waals surface area contributed by atoms with Crippen molar-refractivity contribution in [2.45, 2.75) is 6.92 Å². The van der Waals surface area contributed by atoms with Gasteiger partial charge in [0.15, 0.2) is 0 Å². The van der Waals surface area contributed by atoms with Crippen LogP contribution < -0.4 is 15.8 Å². The van der Waals surface area contributed by atoms with Crippen LogP contribution in [-0.2, 0) is 0 Å². The Bertz CT molecular complexity index is 631. The molecule has 5 N–H and O–H groups in total. The van der Waals surface area contributed by atoms with Gasteiger partial charge in [0.2, 0.25) is 5.88 Å². The first-order chi connectivity index (χ1) is 10.5. The van der Waals surface area contributed by atoms with Gasteiger partial charge >= 0.3 is 0 Å². The summed E-state index contributed by atoms with van der Waals surface area (Å²) < 4.78 is 5.12. The van der Waals surface area contributed by atoms with Crippen LogP contribution in [0.1, 0.15) is 11.1 Å². The van der Waals surface area contributed by atoms with Crippen molar-refractivity contribution in [2.75, 3.05) is 13.7 Å². The highest BCUT2D eigenvalue weighted by atomic mass is 16.5. The Morgan fingerprint density at radius 3 is 2.77 bits per heavy atom. The van der Waals surface area contributed by atoms with E-state index in [-0.39, 0.29) is 0 Å². The molecule has 1 aromatic heterocycles. The molecule has 0 spiro atoms. The molecule has 0 aliphatic heterocycles. The maximum absolute atomic E-state index is 7.41. The first-order valence-corrected chi connectivity index (χ1v) is 6.63. The number of aromatic nitrogens is 1. The van der Waals surface area contributed by atoms with E-state index in [0.717, 1.165) is 17.3 Å². The molecular formula is C16H21N5O. The SMILES string of the molecule is C=C(NC/C(C=N)=C(N)\C=C/C=N)c1cnc(OC)c(C)c1. The van der Waals surface area contributed by atoms with Crippen LogP contribution in [0.4, 0.5) is 0 Å². The molecule has 0 saturated heterocycles. The van der Waals surface area contributed by atoms with Crippen LogP contribution >= 0.6 is 0 Å². The zero-order valence-corrected chi connectivity index (χ0v) is 12.8. The van der Waals surface area contributed by atoms with Crippen molar-refractivity contribution in [3.8, 4) is 5.88 Å². The average Bonchev–Trinajstić information content (AvgIpc) is 2.53. The molecule has 0 atom stereocenters. The summed E-state index contributed by atoms with van der Waals surface area (Å²) in [4.78, 5) is 4.20. The number of hydrogen-bond donors (Lipinski definition) is 4. The summed E-state index contributed by atoms with van der Waals surface area (Å²) >= 11 is 0. The number of allylic oxidation sites excluding steroid dienone is 2. The molecule has 0 bridgehead atoms. The zero-order valence-electron chi connectivity index (χ0n) is 12.8. The number of rotatable bonds is 8. The monoisotopic (exact) mass is 299 g/mol. The molecule has 6 nitrogen and oxygen atoms in total. The number of ether oxygens (including phenoxy) is 1. The number of pyridine rings is 1. The summed E-state index contributed by atoms with van der Waals surface area (Å²) in [7, 11) is 1.58. The fourth-order valence-corrected chi connectivity index (χ4v) is 1.74. The summed E-state index contributed by atoms with van der Waals surface area (Å²) in [5.74, 6) is 0.581. The number of nitrogens with one attached hydrogen (secondary N) is 3. The van der Waals surface area contributed by atoms with Crippen LogP contribution in [0.5, 0.6) is 5.88 Å². The van der Waals surface area contributed by atoms with Crippen molar-refractivity contribution in [1.29, 1.82) is 10.8 Å². The lowest BCUT2D eigenvalue weighted by molar-refractivity contribution is 0.394. The molecule has 6 heteroatoms. The fraction of sp³-hybridized carbons (Fsp3) is 0.188. The van der Waals surface area contributed by atoms with Crippen LogP contribution in [0.3, 0.4) is 0 Å². The molecule has 1 aromatic rings. The quantitative estimate of drug-likeness (QED) is 0.435. The van der Waals surface area contributed by atoms with Crippen LogP contribution in [0.25, 0.3) is 5.70 Å². The molecular weight excluding hydrogens is 278 g/mol. The van der Waals surface area contributed by atoms with E-state index < -0.39 is 0 Å². The molecule has 0 aliphatic rings. The molecule has 1 rings (SSSR count). The van der Waals surface area contributed by atoms with Gasteiger partial charge < -0.3 is 26.6 Å². The van der Waals surface area contributed by atoms with Gasteiger partial charge in [-0.1, -0.05) is 6.58 Å². The second-order valence-corrected chi connectivity index (χ2v) is 4.53. The minimum Gasteiger partial charge on any atom is -0.481 e. The van der Waals surface area contributed by atoms with Crippen molar-refractivity contribution >= 4 is 18.1 Å². The standard InChI is InChI=1S/C16H21N5O/c1-11-7-13(9-21-16(11)22-3)12(2)20-10-14(8-18)15(19)5-4-6-17/h4-9,17-18,20H,2,10,19H2,1,3H3/b5-4-,15-14+,17-6?,18-8?. The molecule has 0 amide bonds. The summed E-state index contributed by atoms with van der Waals surface area (Å²) in [5.41, 5.74) is 9.32. The second kappa shape index (κ2) is 8.41. The van der Waals surface area contributed by atoms with Crippen molar-refractivity contribution in [1.82, 2.24) is 10.3 Å². The first-order valence-electron chi connectivity index (χ1n) is 6.63. The van der Waals surface area contributed by atoms with Crippen molar-refractivity contribution < 1.29 is 4.74 Å². The average molecular weight is 299 g/mol. The minimum absolute atomic E-state index is 0.363. The lowest BCUT2D eigenvalue weighted by Gasteiger charge is -2.12. The van der Waals surface area contributed by atoms with Crippen molar-refractivity contribution in [3.05, 3.63) is 53.4 Å². The molecule has 0 fully saturated rings. The van der Waals surface area contributed by atoms with Gasteiger partial charge in [-0.05, 0) is 25.1 Å². The van der Waals surface area contributed by atoms with Gasteiger partial charge in [0.25, 0.3) is 0 Å². The van der Waals surface area contributed by atoms with Crippen molar-refractivity contribution in [2.24, 2.45) is 5.73 Å². The largest absolute Gasteiger partial charge is 0.481 e. The number of hydrogen-bond acceptors (Lipinski definition) is 6. The maximum atomic E-state index is 7.41. The smallest absolute Gasteiger partial charge is 0.215 e. The van der Waals surface area contributed by atoms with E-state index >= 15 is 0 Å². The van der Waals surface area contributed by atoms with Gasteiger partial charge in [-0.3, -0.25) is 0 Å². The number of methoxy groups -OCH3 is 1. The molecule has 0 unspecified atom stereocenters. The maximum Gasteiger partial charge on any atom is 0.215 e. The molecule has 0 aromatic carbocycles. The highest BCUT2D eigenvalue weighted by molar-refractivity contribution is 5.79. The Labute approximate surface area is 130 Å². The molecule has 1 heterocycles. The molecule has 22 heavy (non-hydrogen) atoms. The first kappa shape index (κ1) is 17.2. The number of aryl methyl sites for hydroxylation is 1. The van der Waals surface area contributed by atoms with Crippen LogP contribution in [0, 0.1) is 17.7 Å². The summed E-state index contributed by atoms with van der Waals surface area (Å²) in [5, 5.41) is 17.5. The van der Waals surface area contributed by atoms with E-state index in [4.69, 9.17) is 21.3 Å². The summed E-state index contributed by atoms with van der Waals surface area (Å²) in [6.45, 7) is 6.24. The molecule has 116 valence electrons. The van der Waals surface area contributed by atoms with Gasteiger partial charge in [0, 0.05) is 53.3 Å². The van der Waals surface area contributed by atoms with Crippen molar-refractivity contribution in [3.63, 3.8) is 0 Å². The molecule has 0 saturated carbocycles. The summed E-state index contributed by atoms with van der Waals surface area (Å²) in [6, 6.07) is 1.92. The topological polar surface area (TPSA) is 108 Å². The Hall–Kier alpha value is -2.89.